The molecule has 0 spiro atoms. The number of nitrogens with zero attached hydrogens (tertiary/aromatic N) is 3. The van der Waals surface area contributed by atoms with Gasteiger partial charge in [-0.3, -0.25) is 14.4 Å². The van der Waals surface area contributed by atoms with Crippen LogP contribution in [0.2, 0.25) is 5.02 Å². The second-order valence-corrected chi connectivity index (χ2v) is 8.58. The first-order valence-electron chi connectivity index (χ1n) is 11.2. The molecule has 0 aliphatic carbocycles. The Kier molecular flexibility index (Phi) is 7.86. The van der Waals surface area contributed by atoms with E-state index in [-0.39, 0.29) is 47.1 Å². The molecule has 4 aromatic rings. The molecular formula is C25H21ClF2N4O6. The number of aliphatic hydroxyl groups excluding tert-OH is 1. The van der Waals surface area contributed by atoms with Crippen LogP contribution in [0.5, 0.6) is 5.75 Å². The van der Waals surface area contributed by atoms with Crippen LogP contribution in [0.15, 0.2) is 58.3 Å². The predicted molar refractivity (Wildman–Crippen MR) is 134 cm³/mol. The van der Waals surface area contributed by atoms with Gasteiger partial charge in [-0.1, -0.05) is 17.7 Å². The molecule has 38 heavy (non-hydrogen) atoms. The number of carbonyl (C=O) groups excluding carboxylic acids is 2. The fraction of sp³-hybridized carbons (Fsp3) is 0.200. The van der Waals surface area contributed by atoms with E-state index in [0.29, 0.717) is 10.1 Å². The van der Waals surface area contributed by atoms with Gasteiger partial charge in [0, 0.05) is 17.8 Å². The van der Waals surface area contributed by atoms with Gasteiger partial charge in [-0.25, -0.2) is 22.7 Å². The lowest BCUT2D eigenvalue weighted by Crippen LogP contribution is -2.36. The molecule has 0 fully saturated rings. The summed E-state index contributed by atoms with van der Waals surface area (Å²) in [6.07, 6.45) is 1.40. The van der Waals surface area contributed by atoms with Gasteiger partial charge >= 0.3 is 5.69 Å². The van der Waals surface area contributed by atoms with Crippen LogP contribution in [-0.4, -0.2) is 50.8 Å². The molecule has 0 amide bonds. The third-order valence-electron chi connectivity index (χ3n) is 5.69. The van der Waals surface area contributed by atoms with Crippen molar-refractivity contribution in [2.24, 2.45) is 0 Å². The van der Waals surface area contributed by atoms with E-state index < -0.39 is 41.3 Å². The SMILES string of the molecule is CNCC(=O)n1c(=O)n(C(=O)CO)c2ccc(Cn3ccc(OCc4ccc(F)cc4F)c(Cl)c3=O)cc21. The monoisotopic (exact) mass is 546 g/mol. The number of fused-ring (bicyclic) bond motifs is 1. The Labute approximate surface area is 218 Å². The molecule has 0 atom stereocenters. The van der Waals surface area contributed by atoms with Crippen LogP contribution < -0.4 is 21.3 Å². The van der Waals surface area contributed by atoms with Gasteiger partial charge in [-0.15, -0.1) is 0 Å². The molecule has 0 saturated carbocycles. The Morgan fingerprint density at radius 3 is 2.45 bits per heavy atom. The molecule has 13 heteroatoms. The van der Waals surface area contributed by atoms with E-state index in [0.717, 1.165) is 16.7 Å². The fourth-order valence-electron chi connectivity index (χ4n) is 3.88. The topological polar surface area (TPSA) is 125 Å². The zero-order valence-corrected chi connectivity index (χ0v) is 20.7. The Morgan fingerprint density at radius 2 is 1.76 bits per heavy atom. The summed E-state index contributed by atoms with van der Waals surface area (Å²) in [6.45, 7) is -1.42. The Hall–Kier alpha value is -4.13. The quantitative estimate of drug-likeness (QED) is 0.346. The minimum absolute atomic E-state index is 0.00168. The van der Waals surface area contributed by atoms with Crippen molar-refractivity contribution in [3.63, 3.8) is 0 Å². The lowest BCUT2D eigenvalue weighted by atomic mass is 10.2. The van der Waals surface area contributed by atoms with Gasteiger partial charge < -0.3 is 19.7 Å². The zero-order chi connectivity index (χ0) is 27.6. The first-order valence-corrected chi connectivity index (χ1v) is 11.6. The minimum Gasteiger partial charge on any atom is -0.487 e. The van der Waals surface area contributed by atoms with Crippen LogP contribution in [0.1, 0.15) is 20.7 Å². The number of rotatable bonds is 8. The number of benzene rings is 2. The highest BCUT2D eigenvalue weighted by Crippen LogP contribution is 2.23. The standard InChI is InChI=1S/C25H21ClF2N4O6/c1-29-10-21(34)32-19-8-14(2-5-18(19)31(25(32)37)22(35)12-33)11-30-7-6-20(23(26)24(30)36)38-13-15-3-4-16(27)9-17(15)28/h2-9,29,33H,10-13H2,1H3. The average molecular weight is 547 g/mol. The molecule has 2 aromatic carbocycles. The van der Waals surface area contributed by atoms with E-state index in [1.54, 1.807) is 6.07 Å². The average Bonchev–Trinajstić information content (AvgIpc) is 3.18. The van der Waals surface area contributed by atoms with E-state index >= 15 is 0 Å². The number of pyridine rings is 1. The molecule has 2 heterocycles. The zero-order valence-electron chi connectivity index (χ0n) is 19.9. The third-order valence-corrected chi connectivity index (χ3v) is 6.04. The summed E-state index contributed by atoms with van der Waals surface area (Å²) >= 11 is 6.19. The van der Waals surface area contributed by atoms with Crippen molar-refractivity contribution in [2.45, 2.75) is 13.2 Å². The maximum atomic E-state index is 13.9. The number of hydrogen-bond donors (Lipinski definition) is 2. The third kappa shape index (κ3) is 5.14. The number of ether oxygens (including phenoxy) is 1. The summed E-state index contributed by atoms with van der Waals surface area (Å²) in [4.78, 5) is 50.5. The number of likely N-dealkylation sites (N-methyl/N-ethyl adjacent to an activating group) is 1. The molecule has 198 valence electrons. The second kappa shape index (κ2) is 11.1. The van der Waals surface area contributed by atoms with Crippen LogP contribution in [0.3, 0.4) is 0 Å². The van der Waals surface area contributed by atoms with Crippen LogP contribution in [-0.2, 0) is 13.2 Å². The van der Waals surface area contributed by atoms with Gasteiger partial charge in [-0.2, -0.15) is 0 Å². The normalized spacial score (nSPS) is 11.2. The predicted octanol–water partition coefficient (Wildman–Crippen LogP) is 2.02. The van der Waals surface area contributed by atoms with Gasteiger partial charge in [0.25, 0.3) is 11.5 Å². The molecule has 2 aromatic heterocycles. The highest BCUT2D eigenvalue weighted by molar-refractivity contribution is 6.31. The number of nitrogens with one attached hydrogen (secondary N) is 1. The van der Waals surface area contributed by atoms with Gasteiger partial charge in [-0.05, 0) is 42.9 Å². The Balaban J connectivity index is 1.65. The summed E-state index contributed by atoms with van der Waals surface area (Å²) in [6, 6.07) is 8.90. The maximum Gasteiger partial charge on any atom is 0.342 e. The van der Waals surface area contributed by atoms with Gasteiger partial charge in [0.1, 0.15) is 35.6 Å². The lowest BCUT2D eigenvalue weighted by molar-refractivity contribution is 0.0817. The summed E-state index contributed by atoms with van der Waals surface area (Å²) in [5, 5.41) is 11.6. The number of hydrogen-bond acceptors (Lipinski definition) is 7. The van der Waals surface area contributed by atoms with E-state index in [1.807, 2.05) is 0 Å². The van der Waals surface area contributed by atoms with Crippen LogP contribution in [0, 0.1) is 11.6 Å². The summed E-state index contributed by atoms with van der Waals surface area (Å²) in [5.74, 6) is -3.06. The molecule has 10 nitrogen and oxygen atoms in total. The summed E-state index contributed by atoms with van der Waals surface area (Å²) in [5.41, 5.74) is -0.738. The van der Waals surface area contributed by atoms with Crippen LogP contribution >= 0.6 is 11.6 Å². The minimum atomic E-state index is -0.933. The Bertz CT molecular complexity index is 1680. The highest BCUT2D eigenvalue weighted by atomic mass is 35.5. The highest BCUT2D eigenvalue weighted by Gasteiger charge is 2.22. The van der Waals surface area contributed by atoms with Crippen molar-refractivity contribution in [1.82, 2.24) is 19.0 Å². The fourth-order valence-corrected chi connectivity index (χ4v) is 4.11. The molecule has 0 aliphatic heterocycles. The lowest BCUT2D eigenvalue weighted by Gasteiger charge is -2.12. The molecule has 0 saturated heterocycles. The van der Waals surface area contributed by atoms with Crippen molar-refractivity contribution >= 4 is 34.4 Å². The maximum absolute atomic E-state index is 13.9. The molecule has 0 aliphatic rings. The first kappa shape index (κ1) is 26.9. The van der Waals surface area contributed by atoms with Crippen molar-refractivity contribution in [3.8, 4) is 5.75 Å². The van der Waals surface area contributed by atoms with Gasteiger partial charge in [0.15, 0.2) is 0 Å². The number of aliphatic hydroxyl groups is 1. The van der Waals surface area contributed by atoms with E-state index in [2.05, 4.69) is 5.32 Å². The van der Waals surface area contributed by atoms with Crippen LogP contribution in [0.4, 0.5) is 8.78 Å². The number of carbonyl (C=O) groups is 2. The van der Waals surface area contributed by atoms with Gasteiger partial charge in [0.05, 0.1) is 24.1 Å². The van der Waals surface area contributed by atoms with Crippen molar-refractivity contribution in [2.75, 3.05) is 20.2 Å². The van der Waals surface area contributed by atoms with Crippen molar-refractivity contribution < 1.29 is 28.2 Å². The summed E-state index contributed by atoms with van der Waals surface area (Å²) in [7, 11) is 1.52. The van der Waals surface area contributed by atoms with E-state index in [1.165, 1.54) is 42.1 Å². The molecule has 0 bridgehead atoms. The summed E-state index contributed by atoms with van der Waals surface area (Å²) < 4.78 is 35.2. The van der Waals surface area contributed by atoms with E-state index in [4.69, 9.17) is 16.3 Å². The number of halogens is 3. The van der Waals surface area contributed by atoms with Crippen molar-refractivity contribution in [3.05, 3.63) is 97.3 Å². The molecule has 0 unspecified atom stereocenters. The molecule has 0 radical (unpaired) electrons. The molecule has 4 rings (SSSR count). The van der Waals surface area contributed by atoms with E-state index in [9.17, 15) is 33.1 Å². The number of aromatic nitrogens is 3. The Morgan fingerprint density at radius 1 is 1.03 bits per heavy atom. The largest absolute Gasteiger partial charge is 0.487 e. The first-order chi connectivity index (χ1) is 18.2. The van der Waals surface area contributed by atoms with Gasteiger partial charge in [0.2, 0.25) is 5.91 Å². The number of imidazole rings is 1. The molecular weight excluding hydrogens is 526 g/mol. The van der Waals surface area contributed by atoms with Crippen LogP contribution in [0.25, 0.3) is 11.0 Å². The molecule has 2 N–H and O–H groups in total. The second-order valence-electron chi connectivity index (χ2n) is 8.20. The van der Waals surface area contributed by atoms with Crippen molar-refractivity contribution in [1.29, 1.82) is 0 Å². The smallest absolute Gasteiger partial charge is 0.342 e.